The SMILES string of the molecule is O=C(O)C(F)(F)F.c1ccc(-c2ccc(N3C[C@H]4CNC[C@H]4C3)cc2)cc1. The number of aliphatic carboxylic acids is 1. The molecule has 0 amide bonds. The minimum atomic E-state index is -5.08. The van der Waals surface area contributed by atoms with E-state index in [1.54, 1.807) is 0 Å². The lowest BCUT2D eigenvalue weighted by atomic mass is 10.0. The van der Waals surface area contributed by atoms with Crippen molar-refractivity contribution < 1.29 is 23.1 Å². The van der Waals surface area contributed by atoms with Crippen molar-refractivity contribution in [3.05, 3.63) is 54.6 Å². The summed E-state index contributed by atoms with van der Waals surface area (Å²) in [5.74, 6) is -1.06. The number of nitrogens with zero attached hydrogens (tertiary/aromatic N) is 1. The van der Waals surface area contributed by atoms with Crippen LogP contribution >= 0.6 is 0 Å². The highest BCUT2D eigenvalue weighted by molar-refractivity contribution is 5.73. The van der Waals surface area contributed by atoms with E-state index >= 15 is 0 Å². The second kappa shape index (κ2) is 8.00. The van der Waals surface area contributed by atoms with Crippen LogP contribution < -0.4 is 10.2 Å². The average Bonchev–Trinajstić information content (AvgIpc) is 3.24. The molecule has 2 fully saturated rings. The summed E-state index contributed by atoms with van der Waals surface area (Å²) in [6.07, 6.45) is -5.08. The highest BCUT2D eigenvalue weighted by Gasteiger charge is 2.38. The summed E-state index contributed by atoms with van der Waals surface area (Å²) in [4.78, 5) is 11.4. The molecule has 2 aromatic rings. The largest absolute Gasteiger partial charge is 0.490 e. The molecular formula is C20H21F3N2O2. The second-order valence-corrected chi connectivity index (χ2v) is 6.80. The first-order valence-electron chi connectivity index (χ1n) is 8.76. The summed E-state index contributed by atoms with van der Waals surface area (Å²) in [5.41, 5.74) is 3.97. The average molecular weight is 378 g/mol. The molecule has 0 spiro atoms. The second-order valence-electron chi connectivity index (χ2n) is 6.80. The summed E-state index contributed by atoms with van der Waals surface area (Å²) in [5, 5.41) is 10.6. The van der Waals surface area contributed by atoms with Crippen LogP contribution in [0.15, 0.2) is 54.6 Å². The van der Waals surface area contributed by atoms with Crippen LogP contribution in [0.2, 0.25) is 0 Å². The van der Waals surface area contributed by atoms with E-state index in [-0.39, 0.29) is 0 Å². The maximum absolute atomic E-state index is 10.6. The van der Waals surface area contributed by atoms with Gasteiger partial charge in [-0.05, 0) is 35.1 Å². The molecule has 2 N–H and O–H groups in total. The van der Waals surface area contributed by atoms with E-state index < -0.39 is 12.1 Å². The Labute approximate surface area is 155 Å². The molecule has 4 nitrogen and oxygen atoms in total. The number of carbonyl (C=O) groups is 1. The monoisotopic (exact) mass is 378 g/mol. The van der Waals surface area contributed by atoms with E-state index in [1.807, 2.05) is 0 Å². The zero-order chi connectivity index (χ0) is 19.4. The van der Waals surface area contributed by atoms with Crippen molar-refractivity contribution in [3.63, 3.8) is 0 Å². The van der Waals surface area contributed by atoms with Crippen LogP contribution in [0.1, 0.15) is 0 Å². The van der Waals surface area contributed by atoms with Gasteiger partial charge in [0.15, 0.2) is 0 Å². The number of fused-ring (bicyclic) bond motifs is 1. The fourth-order valence-corrected chi connectivity index (χ4v) is 3.56. The topological polar surface area (TPSA) is 52.6 Å². The molecule has 0 unspecified atom stereocenters. The zero-order valence-corrected chi connectivity index (χ0v) is 14.6. The summed E-state index contributed by atoms with van der Waals surface area (Å²) in [7, 11) is 0. The van der Waals surface area contributed by atoms with Gasteiger partial charge in [-0.15, -0.1) is 0 Å². The quantitative estimate of drug-likeness (QED) is 0.838. The maximum atomic E-state index is 10.6. The van der Waals surface area contributed by atoms with Crippen LogP contribution in [0.5, 0.6) is 0 Å². The number of rotatable bonds is 2. The van der Waals surface area contributed by atoms with E-state index in [9.17, 15) is 13.2 Å². The summed E-state index contributed by atoms with van der Waals surface area (Å²) < 4.78 is 31.7. The standard InChI is InChI=1S/C18H20N2.C2HF3O2/c1-2-4-14(5-3-1)15-6-8-18(9-7-15)20-12-16-10-19-11-17(16)13-20;3-2(4,5)1(6)7/h1-9,16-17,19H,10-13H2;(H,6,7)/t16-,17+;. The van der Waals surface area contributed by atoms with E-state index in [1.165, 1.54) is 43.0 Å². The molecule has 2 saturated heterocycles. The molecule has 0 radical (unpaired) electrons. The number of nitrogens with one attached hydrogen (secondary N) is 1. The number of halogens is 3. The molecule has 2 heterocycles. The third-order valence-electron chi connectivity index (χ3n) is 4.97. The van der Waals surface area contributed by atoms with Gasteiger partial charge >= 0.3 is 12.1 Å². The smallest absolute Gasteiger partial charge is 0.475 e. The molecule has 0 aromatic heterocycles. The van der Waals surface area contributed by atoms with Crippen LogP contribution in [0.4, 0.5) is 18.9 Å². The van der Waals surface area contributed by atoms with E-state index in [0.29, 0.717) is 0 Å². The maximum Gasteiger partial charge on any atom is 0.490 e. The summed E-state index contributed by atoms with van der Waals surface area (Å²) >= 11 is 0. The molecule has 2 aliphatic rings. The van der Waals surface area contributed by atoms with Gasteiger partial charge in [-0.3, -0.25) is 0 Å². The fraction of sp³-hybridized carbons (Fsp3) is 0.350. The van der Waals surface area contributed by atoms with Crippen LogP contribution in [-0.2, 0) is 4.79 Å². The number of carboxylic acids is 1. The van der Waals surface area contributed by atoms with Gasteiger partial charge in [0.05, 0.1) is 0 Å². The van der Waals surface area contributed by atoms with Crippen LogP contribution in [0.3, 0.4) is 0 Å². The lowest BCUT2D eigenvalue weighted by molar-refractivity contribution is -0.192. The molecule has 0 saturated carbocycles. The number of anilines is 1. The molecule has 0 bridgehead atoms. The van der Waals surface area contributed by atoms with E-state index in [4.69, 9.17) is 9.90 Å². The fourth-order valence-electron chi connectivity index (χ4n) is 3.56. The van der Waals surface area contributed by atoms with Gasteiger partial charge in [0, 0.05) is 31.9 Å². The first-order chi connectivity index (χ1) is 12.8. The first-order valence-corrected chi connectivity index (χ1v) is 8.76. The number of benzene rings is 2. The highest BCUT2D eigenvalue weighted by Crippen LogP contribution is 2.31. The van der Waals surface area contributed by atoms with Gasteiger partial charge in [0.2, 0.25) is 0 Å². The van der Waals surface area contributed by atoms with Crippen LogP contribution in [0, 0.1) is 11.8 Å². The van der Waals surface area contributed by atoms with Gasteiger partial charge < -0.3 is 15.3 Å². The number of carboxylic acid groups (broad SMARTS) is 1. The number of hydrogen-bond acceptors (Lipinski definition) is 3. The predicted molar refractivity (Wildman–Crippen MR) is 97.6 cm³/mol. The molecular weight excluding hydrogens is 357 g/mol. The lowest BCUT2D eigenvalue weighted by Gasteiger charge is -2.20. The molecule has 0 aliphatic carbocycles. The van der Waals surface area contributed by atoms with Crippen molar-refractivity contribution in [2.75, 3.05) is 31.1 Å². The van der Waals surface area contributed by atoms with E-state index in [2.05, 4.69) is 64.8 Å². The molecule has 144 valence electrons. The van der Waals surface area contributed by atoms with Gasteiger partial charge in [-0.2, -0.15) is 13.2 Å². The minimum absolute atomic E-state index is 0.851. The van der Waals surface area contributed by atoms with Crippen molar-refractivity contribution in [2.45, 2.75) is 6.18 Å². The Morgan fingerprint density at radius 1 is 0.926 bits per heavy atom. The van der Waals surface area contributed by atoms with Crippen molar-refractivity contribution in [1.29, 1.82) is 0 Å². The zero-order valence-electron chi connectivity index (χ0n) is 14.6. The molecule has 2 atom stereocenters. The Hall–Kier alpha value is -2.54. The Balaban J connectivity index is 0.000000260. The molecule has 4 rings (SSSR count). The Kier molecular flexibility index (Phi) is 5.70. The normalized spacial score (nSPS) is 21.4. The molecule has 27 heavy (non-hydrogen) atoms. The van der Waals surface area contributed by atoms with Gasteiger partial charge in [-0.25, -0.2) is 4.79 Å². The summed E-state index contributed by atoms with van der Waals surface area (Å²) in [6.45, 7) is 4.82. The van der Waals surface area contributed by atoms with Gasteiger partial charge in [0.25, 0.3) is 0 Å². The number of hydrogen-bond donors (Lipinski definition) is 2. The molecule has 2 aromatic carbocycles. The van der Waals surface area contributed by atoms with E-state index in [0.717, 1.165) is 11.8 Å². The van der Waals surface area contributed by atoms with Crippen LogP contribution in [-0.4, -0.2) is 43.4 Å². The lowest BCUT2D eigenvalue weighted by Crippen LogP contribution is -2.25. The van der Waals surface area contributed by atoms with Gasteiger partial charge in [0.1, 0.15) is 0 Å². The molecule has 2 aliphatic heterocycles. The third-order valence-corrected chi connectivity index (χ3v) is 4.97. The van der Waals surface area contributed by atoms with Crippen molar-refractivity contribution in [1.82, 2.24) is 5.32 Å². The molecule has 7 heteroatoms. The predicted octanol–water partition coefficient (Wildman–Crippen LogP) is 3.64. The van der Waals surface area contributed by atoms with Crippen LogP contribution in [0.25, 0.3) is 11.1 Å². The Morgan fingerprint density at radius 3 is 1.89 bits per heavy atom. The minimum Gasteiger partial charge on any atom is -0.475 e. The van der Waals surface area contributed by atoms with Gasteiger partial charge in [-0.1, -0.05) is 42.5 Å². The first kappa shape index (κ1) is 19.2. The van der Waals surface area contributed by atoms with Crippen molar-refractivity contribution in [2.24, 2.45) is 11.8 Å². The Bertz CT molecular complexity index is 751. The number of alkyl halides is 3. The highest BCUT2D eigenvalue weighted by atomic mass is 19.4. The van der Waals surface area contributed by atoms with Crippen molar-refractivity contribution in [3.8, 4) is 11.1 Å². The Morgan fingerprint density at radius 2 is 1.41 bits per heavy atom. The third kappa shape index (κ3) is 4.80. The summed E-state index contributed by atoms with van der Waals surface area (Å²) in [6, 6.07) is 19.6. The van der Waals surface area contributed by atoms with Crippen molar-refractivity contribution >= 4 is 11.7 Å².